The Kier molecular flexibility index (Phi) is 5.43. The second-order valence-corrected chi connectivity index (χ2v) is 2.49. The summed E-state index contributed by atoms with van der Waals surface area (Å²) >= 11 is 3.99. The van der Waals surface area contributed by atoms with Crippen LogP contribution in [-0.4, -0.2) is 24.2 Å². The van der Waals surface area contributed by atoms with Gasteiger partial charge >= 0.3 is 0 Å². The Hall–Kier alpha value is -0.220. The van der Waals surface area contributed by atoms with E-state index in [0.29, 0.717) is 0 Å². The molecule has 0 radical (unpaired) electrons. The summed E-state index contributed by atoms with van der Waals surface area (Å²) in [6.07, 6.45) is 0.739. The molecule has 0 heterocycles. The fraction of sp³-hybridized carbons (Fsp3) is 0.833. The molecule has 1 unspecified atom stereocenters. The van der Waals surface area contributed by atoms with Gasteiger partial charge in [-0.05, 0) is 6.42 Å². The molecule has 0 aromatic heterocycles. The molecule has 0 fully saturated rings. The van der Waals surface area contributed by atoms with Crippen molar-refractivity contribution in [2.24, 2.45) is 5.73 Å². The molecule has 0 bridgehead atoms. The van der Waals surface area contributed by atoms with E-state index in [1.54, 1.807) is 0 Å². The summed E-state index contributed by atoms with van der Waals surface area (Å²) < 4.78 is 0. The molecule has 0 saturated heterocycles. The molecule has 0 saturated carbocycles. The lowest BCUT2D eigenvalue weighted by Gasteiger charge is -2.10. The van der Waals surface area contributed by atoms with Crippen LogP contribution in [0.4, 0.5) is 0 Å². The van der Waals surface area contributed by atoms with E-state index in [1.165, 1.54) is 0 Å². The number of hydrogen-bond donors (Lipinski definition) is 3. The normalized spacial score (nSPS) is 13.0. The van der Waals surface area contributed by atoms with Crippen LogP contribution in [0.5, 0.6) is 0 Å². The summed E-state index contributed by atoms with van der Waals surface area (Å²) in [5.41, 5.74) is 5.06. The van der Waals surface area contributed by atoms with E-state index in [1.807, 2.05) is 6.92 Å². The molecule has 0 aromatic carbocycles. The predicted molar refractivity (Wildman–Crippen MR) is 45.1 cm³/mol. The van der Waals surface area contributed by atoms with Crippen molar-refractivity contribution < 1.29 is 4.79 Å². The fourth-order valence-corrected chi connectivity index (χ4v) is 0.814. The van der Waals surface area contributed by atoms with Gasteiger partial charge in [0.1, 0.15) is 0 Å². The van der Waals surface area contributed by atoms with Crippen LogP contribution in [-0.2, 0) is 4.79 Å². The van der Waals surface area contributed by atoms with Crippen LogP contribution in [0, 0.1) is 0 Å². The number of hydrogen-bond acceptors (Lipinski definition) is 3. The number of primary amides is 1. The molecule has 0 aliphatic heterocycles. The molecule has 0 aromatic rings. The Morgan fingerprint density at radius 3 is 2.70 bits per heavy atom. The first-order chi connectivity index (χ1) is 4.72. The highest BCUT2D eigenvalue weighted by atomic mass is 32.1. The largest absolute Gasteiger partial charge is 0.368 e. The van der Waals surface area contributed by atoms with E-state index < -0.39 is 0 Å². The average Bonchev–Trinajstić information content (AvgIpc) is 1.89. The molecule has 10 heavy (non-hydrogen) atoms. The van der Waals surface area contributed by atoms with Gasteiger partial charge < -0.3 is 11.1 Å². The van der Waals surface area contributed by atoms with E-state index in [0.717, 1.165) is 18.7 Å². The number of nitrogens with two attached hydrogens (primary N) is 1. The zero-order valence-electron chi connectivity index (χ0n) is 6.13. The Labute approximate surface area is 66.8 Å². The highest BCUT2D eigenvalue weighted by molar-refractivity contribution is 7.80. The molecule has 60 valence electrons. The van der Waals surface area contributed by atoms with Crippen molar-refractivity contribution >= 4 is 18.5 Å². The number of rotatable bonds is 5. The van der Waals surface area contributed by atoms with Crippen molar-refractivity contribution in [1.29, 1.82) is 0 Å². The predicted octanol–water partition coefficient (Wildman–Crippen LogP) is -0.230. The minimum Gasteiger partial charge on any atom is -0.368 e. The maximum absolute atomic E-state index is 10.6. The highest BCUT2D eigenvalue weighted by Crippen LogP contribution is 1.87. The SMILES string of the molecule is CCC(NCCS)C(N)=O. The van der Waals surface area contributed by atoms with E-state index in [-0.39, 0.29) is 11.9 Å². The number of carbonyl (C=O) groups excluding carboxylic acids is 1. The zero-order chi connectivity index (χ0) is 7.98. The molecule has 4 heteroatoms. The zero-order valence-corrected chi connectivity index (χ0v) is 7.03. The van der Waals surface area contributed by atoms with Crippen LogP contribution in [0.25, 0.3) is 0 Å². The van der Waals surface area contributed by atoms with Gasteiger partial charge in [-0.15, -0.1) is 0 Å². The Balaban J connectivity index is 3.50. The highest BCUT2D eigenvalue weighted by Gasteiger charge is 2.09. The van der Waals surface area contributed by atoms with Gasteiger partial charge in [0.15, 0.2) is 0 Å². The third kappa shape index (κ3) is 3.74. The fourth-order valence-electron chi connectivity index (χ4n) is 0.685. The van der Waals surface area contributed by atoms with Gasteiger partial charge in [0.2, 0.25) is 5.91 Å². The van der Waals surface area contributed by atoms with E-state index in [4.69, 9.17) is 5.73 Å². The number of carbonyl (C=O) groups is 1. The summed E-state index contributed by atoms with van der Waals surface area (Å²) in [7, 11) is 0. The van der Waals surface area contributed by atoms with Gasteiger partial charge in [-0.1, -0.05) is 6.92 Å². The third-order valence-electron chi connectivity index (χ3n) is 1.25. The average molecular weight is 162 g/mol. The second-order valence-electron chi connectivity index (χ2n) is 2.04. The van der Waals surface area contributed by atoms with Crippen LogP contribution in [0.2, 0.25) is 0 Å². The Bertz CT molecular complexity index is 108. The summed E-state index contributed by atoms with van der Waals surface area (Å²) in [5, 5.41) is 2.97. The number of amides is 1. The van der Waals surface area contributed by atoms with Gasteiger partial charge in [-0.25, -0.2) is 0 Å². The van der Waals surface area contributed by atoms with Crippen LogP contribution < -0.4 is 11.1 Å². The van der Waals surface area contributed by atoms with E-state index >= 15 is 0 Å². The van der Waals surface area contributed by atoms with Crippen molar-refractivity contribution in [3.8, 4) is 0 Å². The van der Waals surface area contributed by atoms with Crippen molar-refractivity contribution in [3.63, 3.8) is 0 Å². The first-order valence-electron chi connectivity index (χ1n) is 3.36. The molecule has 0 aliphatic rings. The maximum Gasteiger partial charge on any atom is 0.234 e. The van der Waals surface area contributed by atoms with Crippen molar-refractivity contribution in [2.75, 3.05) is 12.3 Å². The van der Waals surface area contributed by atoms with Gasteiger partial charge in [0.25, 0.3) is 0 Å². The molecule has 0 aliphatic carbocycles. The topological polar surface area (TPSA) is 55.1 Å². The lowest BCUT2D eigenvalue weighted by Crippen LogP contribution is -2.41. The second kappa shape index (κ2) is 5.56. The van der Waals surface area contributed by atoms with E-state index in [2.05, 4.69) is 17.9 Å². The monoisotopic (exact) mass is 162 g/mol. The van der Waals surface area contributed by atoms with Crippen LogP contribution in [0.3, 0.4) is 0 Å². The van der Waals surface area contributed by atoms with Gasteiger partial charge in [0.05, 0.1) is 6.04 Å². The summed E-state index contributed by atoms with van der Waals surface area (Å²) in [5.74, 6) is 0.438. The molecule has 1 amide bonds. The minimum absolute atomic E-state index is 0.188. The minimum atomic E-state index is -0.288. The third-order valence-corrected chi connectivity index (χ3v) is 1.48. The molecule has 3 nitrogen and oxygen atoms in total. The lowest BCUT2D eigenvalue weighted by atomic mass is 10.2. The van der Waals surface area contributed by atoms with Crippen LogP contribution in [0.1, 0.15) is 13.3 Å². The van der Waals surface area contributed by atoms with Gasteiger partial charge in [-0.2, -0.15) is 12.6 Å². The van der Waals surface area contributed by atoms with Crippen LogP contribution in [0.15, 0.2) is 0 Å². The smallest absolute Gasteiger partial charge is 0.234 e. The van der Waals surface area contributed by atoms with E-state index in [9.17, 15) is 4.79 Å². The maximum atomic E-state index is 10.6. The number of thiol groups is 1. The summed E-state index contributed by atoms with van der Waals surface area (Å²) in [6, 6.07) is -0.188. The number of nitrogens with one attached hydrogen (secondary N) is 1. The molecule has 1 atom stereocenters. The molecule has 0 rings (SSSR count). The Morgan fingerprint density at radius 2 is 2.40 bits per heavy atom. The molecule has 3 N–H and O–H groups in total. The van der Waals surface area contributed by atoms with Gasteiger partial charge in [0, 0.05) is 12.3 Å². The van der Waals surface area contributed by atoms with Crippen molar-refractivity contribution in [3.05, 3.63) is 0 Å². The molecular weight excluding hydrogens is 148 g/mol. The Morgan fingerprint density at radius 1 is 1.80 bits per heavy atom. The molecule has 0 spiro atoms. The van der Waals surface area contributed by atoms with Crippen molar-refractivity contribution in [1.82, 2.24) is 5.32 Å². The van der Waals surface area contributed by atoms with Crippen molar-refractivity contribution in [2.45, 2.75) is 19.4 Å². The van der Waals surface area contributed by atoms with Gasteiger partial charge in [-0.3, -0.25) is 4.79 Å². The summed E-state index contributed by atoms with van der Waals surface area (Å²) in [6.45, 7) is 2.64. The molecular formula is C6H14N2OS. The first-order valence-corrected chi connectivity index (χ1v) is 3.99. The van der Waals surface area contributed by atoms with Crippen LogP contribution >= 0.6 is 12.6 Å². The lowest BCUT2D eigenvalue weighted by molar-refractivity contribution is -0.120. The first kappa shape index (κ1) is 9.78. The summed E-state index contributed by atoms with van der Waals surface area (Å²) in [4.78, 5) is 10.6. The quantitative estimate of drug-likeness (QED) is 0.489. The standard InChI is InChI=1S/C6H14N2OS/c1-2-5(6(7)9)8-3-4-10/h5,8,10H,2-4H2,1H3,(H2,7,9).